The Hall–Kier alpha value is -0.980. The van der Waals surface area contributed by atoms with E-state index in [1.54, 1.807) is 0 Å². The van der Waals surface area contributed by atoms with Gasteiger partial charge in [-0.15, -0.1) is 0 Å². The molecule has 1 aromatic rings. The molecular formula is C28H48O. The summed E-state index contributed by atoms with van der Waals surface area (Å²) >= 11 is 0. The normalized spacial score (nSPS) is 19.4. The Kier molecular flexibility index (Phi) is 12.5. The van der Waals surface area contributed by atoms with Crippen LogP contribution in [0, 0.1) is 18.8 Å². The molecule has 1 aliphatic rings. The second-order valence-electron chi connectivity index (χ2n) is 9.63. The molecule has 166 valence electrons. The summed E-state index contributed by atoms with van der Waals surface area (Å²) in [5.74, 6) is 3.05. The zero-order valence-corrected chi connectivity index (χ0v) is 19.8. The lowest BCUT2D eigenvalue weighted by Crippen LogP contribution is -2.15. The summed E-state index contributed by atoms with van der Waals surface area (Å²) in [6.45, 7) is 7.71. The molecular weight excluding hydrogens is 352 g/mol. The molecule has 2 rings (SSSR count). The Bertz CT molecular complexity index is 527. The summed E-state index contributed by atoms with van der Waals surface area (Å²) in [5.41, 5.74) is 2.95. The van der Waals surface area contributed by atoms with Crippen LogP contribution in [-0.4, -0.2) is 6.61 Å². The third-order valence-electron chi connectivity index (χ3n) is 7.08. The van der Waals surface area contributed by atoms with Crippen molar-refractivity contribution in [2.45, 2.75) is 124 Å². The SMILES string of the molecule is CCCCCCCCOc1ccc(CC[C@H]2CC[C@H](CCCCC)CC2)c(C)c1. The van der Waals surface area contributed by atoms with Crippen LogP contribution >= 0.6 is 0 Å². The average molecular weight is 401 g/mol. The maximum absolute atomic E-state index is 5.99. The van der Waals surface area contributed by atoms with Gasteiger partial charge in [-0.05, 0) is 61.3 Å². The van der Waals surface area contributed by atoms with E-state index in [0.717, 1.165) is 24.2 Å². The van der Waals surface area contributed by atoms with Crippen LogP contribution in [0.2, 0.25) is 0 Å². The van der Waals surface area contributed by atoms with Crippen molar-refractivity contribution in [3.63, 3.8) is 0 Å². The number of hydrogen-bond acceptors (Lipinski definition) is 1. The van der Waals surface area contributed by atoms with Crippen LogP contribution in [0.5, 0.6) is 5.75 Å². The fourth-order valence-corrected chi connectivity index (χ4v) is 4.96. The molecule has 1 nitrogen and oxygen atoms in total. The molecule has 0 amide bonds. The Morgan fingerprint density at radius 2 is 1.38 bits per heavy atom. The van der Waals surface area contributed by atoms with Gasteiger partial charge >= 0.3 is 0 Å². The van der Waals surface area contributed by atoms with Crippen molar-refractivity contribution in [3.8, 4) is 5.75 Å². The minimum absolute atomic E-state index is 0.867. The lowest BCUT2D eigenvalue weighted by molar-refractivity contribution is 0.249. The van der Waals surface area contributed by atoms with Gasteiger partial charge in [0.25, 0.3) is 0 Å². The molecule has 29 heavy (non-hydrogen) atoms. The van der Waals surface area contributed by atoms with Crippen molar-refractivity contribution in [3.05, 3.63) is 29.3 Å². The van der Waals surface area contributed by atoms with Crippen LogP contribution in [0.15, 0.2) is 18.2 Å². The molecule has 0 radical (unpaired) electrons. The van der Waals surface area contributed by atoms with E-state index in [4.69, 9.17) is 4.74 Å². The number of ether oxygens (including phenoxy) is 1. The Balaban J connectivity index is 1.61. The highest BCUT2D eigenvalue weighted by Gasteiger charge is 2.20. The van der Waals surface area contributed by atoms with Gasteiger partial charge in [-0.25, -0.2) is 0 Å². The summed E-state index contributed by atoms with van der Waals surface area (Å²) in [4.78, 5) is 0. The van der Waals surface area contributed by atoms with Crippen LogP contribution in [0.3, 0.4) is 0 Å². The minimum atomic E-state index is 0.867. The molecule has 0 atom stereocenters. The van der Waals surface area contributed by atoms with Crippen molar-refractivity contribution in [2.24, 2.45) is 11.8 Å². The smallest absolute Gasteiger partial charge is 0.119 e. The van der Waals surface area contributed by atoms with E-state index in [1.165, 1.54) is 114 Å². The number of unbranched alkanes of at least 4 members (excludes halogenated alkanes) is 7. The van der Waals surface area contributed by atoms with Gasteiger partial charge in [0.05, 0.1) is 6.61 Å². The molecule has 0 aromatic heterocycles. The first-order chi connectivity index (χ1) is 14.2. The predicted molar refractivity (Wildman–Crippen MR) is 128 cm³/mol. The number of rotatable bonds is 15. The molecule has 0 saturated heterocycles. The van der Waals surface area contributed by atoms with E-state index in [1.807, 2.05) is 0 Å². The van der Waals surface area contributed by atoms with E-state index in [-0.39, 0.29) is 0 Å². The van der Waals surface area contributed by atoms with Gasteiger partial charge in [0.2, 0.25) is 0 Å². The fourth-order valence-electron chi connectivity index (χ4n) is 4.96. The molecule has 0 bridgehead atoms. The van der Waals surface area contributed by atoms with Gasteiger partial charge in [0.15, 0.2) is 0 Å². The van der Waals surface area contributed by atoms with Crippen LogP contribution in [0.25, 0.3) is 0 Å². The van der Waals surface area contributed by atoms with E-state index in [2.05, 4.69) is 39.0 Å². The number of aryl methyl sites for hydroxylation is 2. The molecule has 1 saturated carbocycles. The summed E-state index contributed by atoms with van der Waals surface area (Å²) in [6, 6.07) is 6.78. The maximum atomic E-state index is 5.99. The third-order valence-corrected chi connectivity index (χ3v) is 7.08. The van der Waals surface area contributed by atoms with Crippen LogP contribution in [-0.2, 0) is 6.42 Å². The molecule has 1 aromatic carbocycles. The molecule has 1 fully saturated rings. The first-order valence-corrected chi connectivity index (χ1v) is 12.9. The third kappa shape index (κ3) is 10.1. The summed E-state index contributed by atoms with van der Waals surface area (Å²) in [6.07, 6.45) is 22.2. The molecule has 0 unspecified atom stereocenters. The molecule has 0 spiro atoms. The average Bonchev–Trinajstić information content (AvgIpc) is 2.73. The van der Waals surface area contributed by atoms with Gasteiger partial charge in [0.1, 0.15) is 5.75 Å². The molecule has 0 aliphatic heterocycles. The van der Waals surface area contributed by atoms with Crippen molar-refractivity contribution in [1.29, 1.82) is 0 Å². The van der Waals surface area contributed by atoms with Gasteiger partial charge < -0.3 is 4.74 Å². The van der Waals surface area contributed by atoms with E-state index in [0.29, 0.717) is 0 Å². The van der Waals surface area contributed by atoms with Gasteiger partial charge in [-0.2, -0.15) is 0 Å². The van der Waals surface area contributed by atoms with E-state index >= 15 is 0 Å². The number of hydrogen-bond donors (Lipinski definition) is 0. The minimum Gasteiger partial charge on any atom is -0.494 e. The predicted octanol–water partition coefficient (Wildman–Crippen LogP) is 9.05. The Morgan fingerprint density at radius 1 is 0.759 bits per heavy atom. The standard InChI is InChI=1S/C28H48O/c1-4-6-8-9-10-12-22-29-28-21-20-27(24(3)23-28)19-18-26-16-14-25(15-17-26)13-11-7-5-2/h20-21,23,25-26H,4-19,22H2,1-3H3/t25-,26-. The van der Waals surface area contributed by atoms with Crippen LogP contribution in [0.1, 0.15) is 121 Å². The largest absolute Gasteiger partial charge is 0.494 e. The molecule has 1 aliphatic carbocycles. The zero-order valence-electron chi connectivity index (χ0n) is 19.8. The van der Waals surface area contributed by atoms with E-state index in [9.17, 15) is 0 Å². The van der Waals surface area contributed by atoms with E-state index < -0.39 is 0 Å². The molecule has 0 heterocycles. The van der Waals surface area contributed by atoms with Crippen molar-refractivity contribution < 1.29 is 4.74 Å². The first-order valence-electron chi connectivity index (χ1n) is 12.9. The van der Waals surface area contributed by atoms with Crippen molar-refractivity contribution in [2.75, 3.05) is 6.61 Å². The maximum Gasteiger partial charge on any atom is 0.119 e. The zero-order chi connectivity index (χ0) is 20.7. The monoisotopic (exact) mass is 400 g/mol. The van der Waals surface area contributed by atoms with Gasteiger partial charge in [-0.3, -0.25) is 0 Å². The quantitative estimate of drug-likeness (QED) is 0.267. The summed E-state index contributed by atoms with van der Waals surface area (Å²) in [7, 11) is 0. The van der Waals surface area contributed by atoms with Crippen molar-refractivity contribution in [1.82, 2.24) is 0 Å². The molecule has 1 heteroatoms. The topological polar surface area (TPSA) is 9.23 Å². The van der Waals surface area contributed by atoms with Gasteiger partial charge in [0, 0.05) is 0 Å². The summed E-state index contributed by atoms with van der Waals surface area (Å²) in [5, 5.41) is 0. The highest BCUT2D eigenvalue weighted by atomic mass is 16.5. The lowest BCUT2D eigenvalue weighted by atomic mass is 9.77. The highest BCUT2D eigenvalue weighted by Crippen LogP contribution is 2.34. The number of benzene rings is 1. The Labute approximate surface area is 182 Å². The van der Waals surface area contributed by atoms with Gasteiger partial charge in [-0.1, -0.05) is 103 Å². The highest BCUT2D eigenvalue weighted by molar-refractivity contribution is 5.34. The molecule has 0 N–H and O–H groups in total. The van der Waals surface area contributed by atoms with Crippen LogP contribution < -0.4 is 4.74 Å². The summed E-state index contributed by atoms with van der Waals surface area (Å²) < 4.78 is 5.99. The second-order valence-corrected chi connectivity index (χ2v) is 9.63. The second kappa shape index (κ2) is 14.9. The fraction of sp³-hybridized carbons (Fsp3) is 0.786. The van der Waals surface area contributed by atoms with Crippen LogP contribution in [0.4, 0.5) is 0 Å². The lowest BCUT2D eigenvalue weighted by Gasteiger charge is -2.28. The first kappa shape index (κ1) is 24.3. The Morgan fingerprint density at radius 3 is 2.07 bits per heavy atom. The van der Waals surface area contributed by atoms with Crippen molar-refractivity contribution >= 4 is 0 Å².